The van der Waals surface area contributed by atoms with Crippen LogP contribution < -0.4 is 4.72 Å². The third-order valence-electron chi connectivity index (χ3n) is 3.27. The summed E-state index contributed by atoms with van der Waals surface area (Å²) in [5.41, 5.74) is 1.96. The van der Waals surface area contributed by atoms with E-state index < -0.39 is 10.0 Å². The molecule has 112 valence electrons. The van der Waals surface area contributed by atoms with Crippen LogP contribution in [0.3, 0.4) is 0 Å². The summed E-state index contributed by atoms with van der Waals surface area (Å²) in [7, 11) is -3.59. The monoisotopic (exact) mass is 304 g/mol. The molecular weight excluding hydrogens is 284 g/mol. The minimum atomic E-state index is -3.59. The first-order chi connectivity index (χ1) is 9.92. The van der Waals surface area contributed by atoms with Gasteiger partial charge in [0.25, 0.3) is 10.0 Å². The number of aryl methyl sites for hydroxylation is 1. The van der Waals surface area contributed by atoms with Crippen molar-refractivity contribution in [2.75, 3.05) is 4.72 Å². The van der Waals surface area contributed by atoms with E-state index in [4.69, 9.17) is 0 Å². The van der Waals surface area contributed by atoms with Gasteiger partial charge in [0, 0.05) is 5.69 Å². The van der Waals surface area contributed by atoms with Crippen molar-refractivity contribution in [1.29, 1.82) is 0 Å². The smallest absolute Gasteiger partial charge is 0.263 e. The highest BCUT2D eigenvalue weighted by Crippen LogP contribution is 2.19. The number of hydrogen-bond acceptors (Lipinski definition) is 3. The summed E-state index contributed by atoms with van der Waals surface area (Å²) < 4.78 is 27.2. The summed E-state index contributed by atoms with van der Waals surface area (Å²) in [5, 5.41) is 0. The number of sulfonamides is 1. The average molecular weight is 304 g/mol. The molecule has 0 saturated carbocycles. The quantitative estimate of drug-likeness (QED) is 0.918. The molecule has 0 bridgehead atoms. The van der Waals surface area contributed by atoms with Crippen LogP contribution in [0.4, 0.5) is 5.82 Å². The zero-order chi connectivity index (χ0) is 15.5. The molecule has 0 aliphatic carbocycles. The van der Waals surface area contributed by atoms with Crippen LogP contribution in [0.25, 0.3) is 0 Å². The first-order valence-corrected chi connectivity index (χ1v) is 8.49. The second-order valence-corrected chi connectivity index (χ2v) is 6.88. The highest BCUT2D eigenvalue weighted by Gasteiger charge is 2.15. The Kier molecular flexibility index (Phi) is 4.63. The van der Waals surface area contributed by atoms with E-state index in [1.54, 1.807) is 24.3 Å². The Bertz CT molecular complexity index is 707. The van der Waals surface area contributed by atoms with Gasteiger partial charge in [-0.25, -0.2) is 13.4 Å². The van der Waals surface area contributed by atoms with E-state index in [9.17, 15) is 8.42 Å². The van der Waals surface area contributed by atoms with E-state index in [-0.39, 0.29) is 4.90 Å². The molecule has 0 radical (unpaired) electrons. The summed E-state index contributed by atoms with van der Waals surface area (Å²) >= 11 is 0. The summed E-state index contributed by atoms with van der Waals surface area (Å²) in [6.07, 6.45) is 0.763. The Morgan fingerprint density at radius 3 is 2.33 bits per heavy atom. The third-order valence-corrected chi connectivity index (χ3v) is 4.64. The predicted molar refractivity (Wildman–Crippen MR) is 85.0 cm³/mol. The number of hydrogen-bond donors (Lipinski definition) is 1. The first kappa shape index (κ1) is 15.5. The molecule has 1 heterocycles. The standard InChI is InChI=1S/C16H20N2O2S/c1-4-14-6-5-7-16(17-14)18-21(19,20)15-10-8-13(9-11-15)12(2)3/h5-12H,4H2,1-3H3,(H,17,18). The lowest BCUT2D eigenvalue weighted by Crippen LogP contribution is -2.14. The molecule has 0 saturated heterocycles. The van der Waals surface area contributed by atoms with Crippen molar-refractivity contribution in [3.8, 4) is 0 Å². The summed E-state index contributed by atoms with van der Waals surface area (Å²) in [5.74, 6) is 0.722. The fourth-order valence-corrected chi connectivity index (χ4v) is 2.96. The second-order valence-electron chi connectivity index (χ2n) is 5.20. The van der Waals surface area contributed by atoms with Gasteiger partial charge >= 0.3 is 0 Å². The Morgan fingerprint density at radius 2 is 1.76 bits per heavy atom. The molecule has 0 atom stereocenters. The van der Waals surface area contributed by atoms with Gasteiger partial charge in [0.2, 0.25) is 0 Å². The van der Waals surface area contributed by atoms with Crippen LogP contribution in [0.1, 0.15) is 37.9 Å². The lowest BCUT2D eigenvalue weighted by atomic mass is 10.0. The van der Waals surface area contributed by atoms with Crippen LogP contribution in [0.5, 0.6) is 0 Å². The van der Waals surface area contributed by atoms with Crippen LogP contribution in [0, 0.1) is 0 Å². The minimum Gasteiger partial charge on any atom is -0.263 e. The number of benzene rings is 1. The van der Waals surface area contributed by atoms with Crippen molar-refractivity contribution in [1.82, 2.24) is 4.98 Å². The largest absolute Gasteiger partial charge is 0.263 e. The van der Waals surface area contributed by atoms with Crippen LogP contribution in [0.15, 0.2) is 47.4 Å². The molecule has 1 N–H and O–H groups in total. The van der Waals surface area contributed by atoms with Crippen molar-refractivity contribution in [2.45, 2.75) is 38.0 Å². The van der Waals surface area contributed by atoms with Crippen molar-refractivity contribution in [3.63, 3.8) is 0 Å². The molecule has 5 heteroatoms. The molecule has 4 nitrogen and oxygen atoms in total. The fourth-order valence-electron chi connectivity index (χ4n) is 1.96. The Balaban J connectivity index is 2.25. The van der Waals surface area contributed by atoms with E-state index in [1.807, 2.05) is 25.1 Å². The molecule has 0 unspecified atom stereocenters. The summed E-state index contributed by atoms with van der Waals surface area (Å²) in [4.78, 5) is 4.50. The zero-order valence-electron chi connectivity index (χ0n) is 12.5. The van der Waals surface area contributed by atoms with E-state index in [1.165, 1.54) is 0 Å². The molecule has 0 aliphatic rings. The fraction of sp³-hybridized carbons (Fsp3) is 0.312. The number of nitrogens with zero attached hydrogens (tertiary/aromatic N) is 1. The van der Waals surface area contributed by atoms with Gasteiger partial charge in [-0.1, -0.05) is 39.0 Å². The van der Waals surface area contributed by atoms with Crippen molar-refractivity contribution in [3.05, 3.63) is 53.7 Å². The van der Waals surface area contributed by atoms with E-state index in [0.29, 0.717) is 11.7 Å². The number of anilines is 1. The summed E-state index contributed by atoms with van der Waals surface area (Å²) in [6, 6.07) is 12.3. The van der Waals surface area contributed by atoms with E-state index in [0.717, 1.165) is 17.7 Å². The van der Waals surface area contributed by atoms with Crippen molar-refractivity contribution >= 4 is 15.8 Å². The normalized spacial score (nSPS) is 11.6. The lowest BCUT2D eigenvalue weighted by Gasteiger charge is -2.10. The van der Waals surface area contributed by atoms with Gasteiger partial charge in [-0.15, -0.1) is 0 Å². The van der Waals surface area contributed by atoms with Gasteiger partial charge in [0.1, 0.15) is 5.82 Å². The number of pyridine rings is 1. The maximum atomic E-state index is 12.3. The predicted octanol–water partition coefficient (Wildman–Crippen LogP) is 3.57. The third kappa shape index (κ3) is 3.82. The van der Waals surface area contributed by atoms with Crippen molar-refractivity contribution in [2.24, 2.45) is 0 Å². The molecular formula is C16H20N2O2S. The van der Waals surface area contributed by atoms with Crippen LogP contribution >= 0.6 is 0 Å². The molecule has 1 aromatic carbocycles. The van der Waals surface area contributed by atoms with Gasteiger partial charge in [-0.05, 0) is 42.2 Å². The van der Waals surface area contributed by atoms with Crippen molar-refractivity contribution < 1.29 is 8.42 Å². The molecule has 2 aromatic rings. The Morgan fingerprint density at radius 1 is 1.10 bits per heavy atom. The molecule has 0 spiro atoms. The van der Waals surface area contributed by atoms with E-state index >= 15 is 0 Å². The highest BCUT2D eigenvalue weighted by atomic mass is 32.2. The number of nitrogens with one attached hydrogen (secondary N) is 1. The Hall–Kier alpha value is -1.88. The molecule has 0 fully saturated rings. The number of rotatable bonds is 5. The average Bonchev–Trinajstić information content (AvgIpc) is 2.47. The van der Waals surface area contributed by atoms with E-state index in [2.05, 4.69) is 23.6 Å². The van der Waals surface area contributed by atoms with Gasteiger partial charge in [0.15, 0.2) is 0 Å². The molecule has 0 aliphatic heterocycles. The molecule has 0 amide bonds. The van der Waals surface area contributed by atoms with Crippen LogP contribution in [-0.4, -0.2) is 13.4 Å². The topological polar surface area (TPSA) is 59.1 Å². The number of aromatic nitrogens is 1. The second kappa shape index (κ2) is 6.26. The molecule has 21 heavy (non-hydrogen) atoms. The molecule has 1 aromatic heterocycles. The maximum Gasteiger partial charge on any atom is 0.263 e. The van der Waals surface area contributed by atoms with Gasteiger partial charge in [-0.2, -0.15) is 0 Å². The summed E-state index contributed by atoms with van der Waals surface area (Å²) in [6.45, 7) is 6.12. The van der Waals surface area contributed by atoms with Gasteiger partial charge in [-0.3, -0.25) is 4.72 Å². The van der Waals surface area contributed by atoms with Crippen LogP contribution in [0.2, 0.25) is 0 Å². The van der Waals surface area contributed by atoms with Crippen LogP contribution in [-0.2, 0) is 16.4 Å². The maximum absolute atomic E-state index is 12.3. The molecule has 2 rings (SSSR count). The SMILES string of the molecule is CCc1cccc(NS(=O)(=O)c2ccc(C(C)C)cc2)n1. The zero-order valence-corrected chi connectivity index (χ0v) is 13.3. The highest BCUT2D eigenvalue weighted by molar-refractivity contribution is 7.92. The lowest BCUT2D eigenvalue weighted by molar-refractivity contribution is 0.601. The minimum absolute atomic E-state index is 0.246. The Labute approximate surface area is 126 Å². The van der Waals surface area contributed by atoms with Gasteiger partial charge in [0.05, 0.1) is 4.90 Å². The van der Waals surface area contributed by atoms with Gasteiger partial charge < -0.3 is 0 Å². The first-order valence-electron chi connectivity index (χ1n) is 7.01.